The van der Waals surface area contributed by atoms with Crippen LogP contribution in [0.4, 0.5) is 10.2 Å². The van der Waals surface area contributed by atoms with Crippen LogP contribution in [0.2, 0.25) is 0 Å². The molecule has 0 saturated carbocycles. The fraction of sp³-hybridized carbons (Fsp3) is 0.0833. The standard InChI is InChI=1S/C12H10FN5OS/c13-7-3-1-2-4-9(7)20-6-11-15-12(19-18-11)8-5-10(14)17-16-8/h1-5H,6H2,(H3,14,16,17). The third kappa shape index (κ3) is 2.64. The highest BCUT2D eigenvalue weighted by atomic mass is 32.2. The normalized spacial score (nSPS) is 10.8. The van der Waals surface area contributed by atoms with Crippen molar-refractivity contribution in [2.75, 3.05) is 5.73 Å². The lowest BCUT2D eigenvalue weighted by molar-refractivity contribution is 0.424. The molecule has 2 heterocycles. The molecule has 0 aliphatic carbocycles. The Morgan fingerprint density at radius 1 is 1.35 bits per heavy atom. The Bertz CT molecular complexity index is 726. The third-order valence-electron chi connectivity index (χ3n) is 2.49. The van der Waals surface area contributed by atoms with E-state index in [-0.39, 0.29) is 5.82 Å². The number of H-pyrrole nitrogens is 1. The van der Waals surface area contributed by atoms with Crippen LogP contribution in [0, 0.1) is 5.82 Å². The van der Waals surface area contributed by atoms with Gasteiger partial charge in [0, 0.05) is 11.0 Å². The second kappa shape index (κ2) is 5.33. The van der Waals surface area contributed by atoms with E-state index >= 15 is 0 Å². The van der Waals surface area contributed by atoms with Crippen LogP contribution in [0.25, 0.3) is 11.6 Å². The maximum Gasteiger partial charge on any atom is 0.276 e. The Morgan fingerprint density at radius 2 is 2.20 bits per heavy atom. The van der Waals surface area contributed by atoms with E-state index in [1.807, 2.05) is 0 Å². The van der Waals surface area contributed by atoms with Gasteiger partial charge < -0.3 is 10.3 Å². The molecule has 3 aromatic rings. The van der Waals surface area contributed by atoms with Gasteiger partial charge in [0.2, 0.25) is 0 Å². The van der Waals surface area contributed by atoms with Crippen molar-refractivity contribution in [3.05, 3.63) is 42.0 Å². The van der Waals surface area contributed by atoms with Gasteiger partial charge >= 0.3 is 0 Å². The Labute approximate surface area is 117 Å². The zero-order chi connectivity index (χ0) is 13.9. The van der Waals surface area contributed by atoms with Gasteiger partial charge in [-0.25, -0.2) is 4.39 Å². The molecule has 6 nitrogen and oxygen atoms in total. The maximum absolute atomic E-state index is 13.5. The molecule has 3 N–H and O–H groups in total. The summed E-state index contributed by atoms with van der Waals surface area (Å²) in [7, 11) is 0. The molecule has 2 aromatic heterocycles. The lowest BCUT2D eigenvalue weighted by Gasteiger charge is -1.98. The number of hydrogen-bond donors (Lipinski definition) is 2. The van der Waals surface area contributed by atoms with Crippen LogP contribution in [0.3, 0.4) is 0 Å². The van der Waals surface area contributed by atoms with E-state index < -0.39 is 0 Å². The van der Waals surface area contributed by atoms with E-state index in [0.29, 0.717) is 33.9 Å². The van der Waals surface area contributed by atoms with Gasteiger partial charge in [-0.2, -0.15) is 10.1 Å². The molecule has 0 saturated heterocycles. The van der Waals surface area contributed by atoms with E-state index in [1.54, 1.807) is 24.3 Å². The fourth-order valence-electron chi connectivity index (χ4n) is 1.57. The number of nitrogens with one attached hydrogen (secondary N) is 1. The van der Waals surface area contributed by atoms with E-state index in [9.17, 15) is 4.39 Å². The second-order valence-electron chi connectivity index (χ2n) is 3.94. The largest absolute Gasteiger partial charge is 0.382 e. The number of aromatic nitrogens is 4. The van der Waals surface area contributed by atoms with Crippen LogP contribution in [-0.4, -0.2) is 20.3 Å². The Hall–Kier alpha value is -2.35. The highest BCUT2D eigenvalue weighted by molar-refractivity contribution is 7.98. The van der Waals surface area contributed by atoms with Crippen molar-refractivity contribution in [2.45, 2.75) is 10.6 Å². The number of nitrogens with two attached hydrogens (primary N) is 1. The third-order valence-corrected chi connectivity index (χ3v) is 3.53. The Balaban J connectivity index is 1.70. The predicted molar refractivity (Wildman–Crippen MR) is 72.3 cm³/mol. The van der Waals surface area contributed by atoms with Crippen LogP contribution in [0.1, 0.15) is 5.82 Å². The summed E-state index contributed by atoms with van der Waals surface area (Å²) in [5.74, 6) is 1.27. The first-order valence-corrected chi connectivity index (χ1v) is 6.72. The number of benzene rings is 1. The summed E-state index contributed by atoms with van der Waals surface area (Å²) in [6.07, 6.45) is 0. The number of anilines is 1. The van der Waals surface area contributed by atoms with Gasteiger partial charge in [-0.1, -0.05) is 17.3 Å². The molecule has 1 aromatic carbocycles. The number of nitrogens with zero attached hydrogens (tertiary/aromatic N) is 3. The fourth-order valence-corrected chi connectivity index (χ4v) is 2.36. The van der Waals surface area contributed by atoms with Crippen molar-refractivity contribution in [3.8, 4) is 11.6 Å². The molecule has 3 rings (SSSR count). The first-order valence-electron chi connectivity index (χ1n) is 5.73. The number of halogens is 1. The summed E-state index contributed by atoms with van der Waals surface area (Å²) in [6.45, 7) is 0. The first kappa shape index (κ1) is 12.7. The summed E-state index contributed by atoms with van der Waals surface area (Å²) in [5.41, 5.74) is 6.05. The van der Waals surface area contributed by atoms with Crippen LogP contribution < -0.4 is 5.73 Å². The highest BCUT2D eigenvalue weighted by Gasteiger charge is 2.12. The molecule has 20 heavy (non-hydrogen) atoms. The molecule has 8 heteroatoms. The number of rotatable bonds is 4. The monoisotopic (exact) mass is 291 g/mol. The Kier molecular flexibility index (Phi) is 3.38. The average Bonchev–Trinajstić information content (AvgIpc) is 3.06. The van der Waals surface area contributed by atoms with Gasteiger partial charge in [0.15, 0.2) is 5.82 Å². The summed E-state index contributed by atoms with van der Waals surface area (Å²) < 4.78 is 18.5. The van der Waals surface area contributed by atoms with Crippen molar-refractivity contribution in [2.24, 2.45) is 0 Å². The first-order chi connectivity index (χ1) is 9.72. The molecule has 0 fully saturated rings. The van der Waals surface area contributed by atoms with Crippen molar-refractivity contribution in [1.29, 1.82) is 0 Å². The summed E-state index contributed by atoms with van der Waals surface area (Å²) >= 11 is 1.30. The highest BCUT2D eigenvalue weighted by Crippen LogP contribution is 2.25. The average molecular weight is 291 g/mol. The summed E-state index contributed by atoms with van der Waals surface area (Å²) in [5, 5.41) is 10.3. The summed E-state index contributed by atoms with van der Waals surface area (Å²) in [6, 6.07) is 8.14. The van der Waals surface area contributed by atoms with Crippen molar-refractivity contribution >= 4 is 17.6 Å². The predicted octanol–water partition coefficient (Wildman–Crippen LogP) is 2.47. The molecule has 0 amide bonds. The minimum absolute atomic E-state index is 0.262. The number of thioether (sulfide) groups is 1. The molecule has 0 atom stereocenters. The quantitative estimate of drug-likeness (QED) is 0.717. The smallest absolute Gasteiger partial charge is 0.276 e. The number of aromatic amines is 1. The van der Waals surface area contributed by atoms with Gasteiger partial charge in [-0.05, 0) is 12.1 Å². The second-order valence-corrected chi connectivity index (χ2v) is 4.96. The number of nitrogen functional groups attached to an aromatic ring is 1. The van der Waals surface area contributed by atoms with E-state index in [0.717, 1.165) is 0 Å². The van der Waals surface area contributed by atoms with E-state index in [1.165, 1.54) is 17.8 Å². The molecule has 0 spiro atoms. The van der Waals surface area contributed by atoms with Gasteiger partial charge in [0.1, 0.15) is 17.3 Å². The molecular weight excluding hydrogens is 281 g/mol. The van der Waals surface area contributed by atoms with Crippen molar-refractivity contribution < 1.29 is 8.91 Å². The minimum Gasteiger partial charge on any atom is -0.382 e. The van der Waals surface area contributed by atoms with Gasteiger partial charge in [0.25, 0.3) is 5.89 Å². The Morgan fingerprint density at radius 3 is 2.95 bits per heavy atom. The zero-order valence-electron chi connectivity index (χ0n) is 10.2. The maximum atomic E-state index is 13.5. The molecule has 0 bridgehead atoms. The zero-order valence-corrected chi connectivity index (χ0v) is 11.0. The topological polar surface area (TPSA) is 93.6 Å². The van der Waals surface area contributed by atoms with Crippen molar-refractivity contribution in [1.82, 2.24) is 20.3 Å². The van der Waals surface area contributed by atoms with Gasteiger partial charge in [-0.15, -0.1) is 11.8 Å². The SMILES string of the molecule is Nc1cc(-c2nc(CSc3ccccc3F)no2)[nH]n1. The van der Waals surface area contributed by atoms with E-state index in [2.05, 4.69) is 20.3 Å². The van der Waals surface area contributed by atoms with Crippen LogP contribution >= 0.6 is 11.8 Å². The minimum atomic E-state index is -0.262. The molecule has 0 aliphatic rings. The lowest BCUT2D eigenvalue weighted by Crippen LogP contribution is -1.86. The number of hydrogen-bond acceptors (Lipinski definition) is 6. The lowest BCUT2D eigenvalue weighted by atomic mass is 10.3. The molecule has 0 aliphatic heterocycles. The molecule has 102 valence electrons. The van der Waals surface area contributed by atoms with Crippen LogP contribution in [-0.2, 0) is 5.75 Å². The molecule has 0 unspecified atom stereocenters. The van der Waals surface area contributed by atoms with Gasteiger partial charge in [-0.3, -0.25) is 5.10 Å². The van der Waals surface area contributed by atoms with Crippen LogP contribution in [0.15, 0.2) is 39.8 Å². The van der Waals surface area contributed by atoms with Gasteiger partial charge in [0.05, 0.1) is 5.75 Å². The molecular formula is C12H10FN5OS. The van der Waals surface area contributed by atoms with Crippen LogP contribution in [0.5, 0.6) is 0 Å². The van der Waals surface area contributed by atoms with Crippen molar-refractivity contribution in [3.63, 3.8) is 0 Å². The summed E-state index contributed by atoms with van der Waals surface area (Å²) in [4.78, 5) is 4.74. The van der Waals surface area contributed by atoms with E-state index in [4.69, 9.17) is 10.3 Å². The molecule has 0 radical (unpaired) electrons.